The van der Waals surface area contributed by atoms with Crippen LogP contribution in [0, 0.1) is 6.92 Å². The summed E-state index contributed by atoms with van der Waals surface area (Å²) in [7, 11) is 0. The minimum atomic E-state index is -0.172. The average Bonchev–Trinajstić information content (AvgIpc) is 2.32. The van der Waals surface area contributed by atoms with E-state index in [1.807, 2.05) is 0 Å². The molecule has 0 radical (unpaired) electrons. The number of aromatic amines is 1. The standard InChI is InChI=1S/C12H15N5OS/c1-3-4-8-10(13)14-6-15-11(8)19-12-16-7(2)5-9(18)17-12/h5-6H,3-4H2,1-2H3,(H2,13,14,15)(H,16,17,18). The fraction of sp³-hybridized carbons (Fsp3) is 0.333. The Kier molecular flexibility index (Phi) is 4.16. The van der Waals surface area contributed by atoms with Crippen LogP contribution in [0.25, 0.3) is 0 Å². The summed E-state index contributed by atoms with van der Waals surface area (Å²) in [5.41, 5.74) is 7.27. The van der Waals surface area contributed by atoms with Gasteiger partial charge in [0, 0.05) is 17.3 Å². The number of aryl methyl sites for hydroxylation is 1. The second-order valence-corrected chi connectivity index (χ2v) is 5.06. The molecule has 0 aliphatic carbocycles. The maximum atomic E-state index is 11.4. The molecule has 0 unspecified atom stereocenters. The molecule has 0 bridgehead atoms. The molecule has 2 aromatic heterocycles. The summed E-state index contributed by atoms with van der Waals surface area (Å²) in [4.78, 5) is 26.6. The van der Waals surface area contributed by atoms with Gasteiger partial charge in [-0.2, -0.15) is 0 Å². The third-order valence-corrected chi connectivity index (χ3v) is 3.41. The van der Waals surface area contributed by atoms with Crippen LogP contribution in [0.5, 0.6) is 0 Å². The lowest BCUT2D eigenvalue weighted by Gasteiger charge is -2.08. The Bertz CT molecular complexity index is 640. The minimum Gasteiger partial charge on any atom is -0.383 e. The van der Waals surface area contributed by atoms with Gasteiger partial charge in [0.15, 0.2) is 5.16 Å². The van der Waals surface area contributed by atoms with Crippen LogP contribution in [0.15, 0.2) is 27.4 Å². The molecule has 0 aliphatic rings. The largest absolute Gasteiger partial charge is 0.383 e. The zero-order valence-electron chi connectivity index (χ0n) is 10.8. The van der Waals surface area contributed by atoms with Crippen molar-refractivity contribution in [3.8, 4) is 0 Å². The molecule has 0 spiro atoms. The summed E-state index contributed by atoms with van der Waals surface area (Å²) < 4.78 is 0. The second kappa shape index (κ2) is 5.83. The summed E-state index contributed by atoms with van der Waals surface area (Å²) in [6.07, 6.45) is 3.17. The maximum absolute atomic E-state index is 11.4. The van der Waals surface area contributed by atoms with Crippen molar-refractivity contribution in [1.82, 2.24) is 19.9 Å². The van der Waals surface area contributed by atoms with Crippen LogP contribution in [0.1, 0.15) is 24.6 Å². The predicted molar refractivity (Wildman–Crippen MR) is 74.2 cm³/mol. The number of nitrogens with two attached hydrogens (primary N) is 1. The first-order valence-corrected chi connectivity index (χ1v) is 6.77. The van der Waals surface area contributed by atoms with Gasteiger partial charge in [-0.05, 0) is 25.1 Å². The fourth-order valence-corrected chi connectivity index (χ4v) is 2.63. The van der Waals surface area contributed by atoms with E-state index in [0.29, 0.717) is 16.7 Å². The lowest BCUT2D eigenvalue weighted by molar-refractivity contribution is 0.853. The Hall–Kier alpha value is -1.89. The van der Waals surface area contributed by atoms with E-state index >= 15 is 0 Å². The Balaban J connectivity index is 2.37. The molecule has 0 amide bonds. The first-order chi connectivity index (χ1) is 9.10. The van der Waals surface area contributed by atoms with Crippen LogP contribution >= 0.6 is 11.8 Å². The van der Waals surface area contributed by atoms with E-state index in [2.05, 4.69) is 26.9 Å². The number of hydrogen-bond acceptors (Lipinski definition) is 6. The maximum Gasteiger partial charge on any atom is 0.251 e. The number of aromatic nitrogens is 4. The van der Waals surface area contributed by atoms with Crippen LogP contribution < -0.4 is 11.3 Å². The van der Waals surface area contributed by atoms with Crippen LogP contribution in [-0.2, 0) is 6.42 Å². The van der Waals surface area contributed by atoms with E-state index in [1.165, 1.54) is 24.2 Å². The van der Waals surface area contributed by atoms with E-state index < -0.39 is 0 Å². The van der Waals surface area contributed by atoms with E-state index in [9.17, 15) is 4.79 Å². The second-order valence-electron chi connectivity index (χ2n) is 4.09. The zero-order valence-corrected chi connectivity index (χ0v) is 11.6. The molecule has 19 heavy (non-hydrogen) atoms. The van der Waals surface area contributed by atoms with Gasteiger partial charge in [-0.3, -0.25) is 4.79 Å². The van der Waals surface area contributed by atoms with E-state index in [4.69, 9.17) is 5.73 Å². The lowest BCUT2D eigenvalue weighted by Crippen LogP contribution is -2.08. The van der Waals surface area contributed by atoms with Crippen molar-refractivity contribution in [2.75, 3.05) is 5.73 Å². The van der Waals surface area contributed by atoms with Crippen molar-refractivity contribution < 1.29 is 0 Å². The quantitative estimate of drug-likeness (QED) is 0.650. The number of rotatable bonds is 4. The summed E-state index contributed by atoms with van der Waals surface area (Å²) >= 11 is 1.30. The third kappa shape index (κ3) is 3.31. The van der Waals surface area contributed by atoms with Crippen LogP contribution in [0.4, 0.5) is 5.82 Å². The number of hydrogen-bond donors (Lipinski definition) is 2. The van der Waals surface area contributed by atoms with Crippen LogP contribution in [-0.4, -0.2) is 19.9 Å². The summed E-state index contributed by atoms with van der Waals surface area (Å²) in [6, 6.07) is 1.45. The smallest absolute Gasteiger partial charge is 0.251 e. The van der Waals surface area contributed by atoms with Gasteiger partial charge in [0.25, 0.3) is 5.56 Å². The van der Waals surface area contributed by atoms with Crippen molar-refractivity contribution >= 4 is 17.6 Å². The number of anilines is 1. The van der Waals surface area contributed by atoms with Crippen molar-refractivity contribution in [3.05, 3.63) is 34.0 Å². The lowest BCUT2D eigenvalue weighted by atomic mass is 10.2. The number of nitrogens with one attached hydrogen (secondary N) is 1. The van der Waals surface area contributed by atoms with Crippen molar-refractivity contribution in [1.29, 1.82) is 0 Å². The van der Waals surface area contributed by atoms with Crippen LogP contribution in [0.3, 0.4) is 0 Å². The molecule has 0 fully saturated rings. The van der Waals surface area contributed by atoms with Crippen molar-refractivity contribution in [2.45, 2.75) is 36.9 Å². The van der Waals surface area contributed by atoms with Crippen LogP contribution in [0.2, 0.25) is 0 Å². The Labute approximate surface area is 114 Å². The highest BCUT2D eigenvalue weighted by Gasteiger charge is 2.11. The molecular weight excluding hydrogens is 262 g/mol. The molecule has 2 heterocycles. The van der Waals surface area contributed by atoms with Crippen molar-refractivity contribution in [3.63, 3.8) is 0 Å². The van der Waals surface area contributed by atoms with Gasteiger partial charge in [0.1, 0.15) is 17.2 Å². The molecule has 0 saturated heterocycles. The van der Waals surface area contributed by atoms with Gasteiger partial charge < -0.3 is 10.7 Å². The fourth-order valence-electron chi connectivity index (χ4n) is 1.67. The van der Waals surface area contributed by atoms with Gasteiger partial charge in [-0.1, -0.05) is 13.3 Å². The molecule has 2 rings (SSSR count). The zero-order chi connectivity index (χ0) is 13.8. The highest BCUT2D eigenvalue weighted by Crippen LogP contribution is 2.28. The Morgan fingerprint density at radius 2 is 2.21 bits per heavy atom. The van der Waals surface area contributed by atoms with Crippen molar-refractivity contribution in [2.24, 2.45) is 0 Å². The average molecular weight is 277 g/mol. The third-order valence-electron chi connectivity index (χ3n) is 2.48. The Morgan fingerprint density at radius 3 is 2.89 bits per heavy atom. The molecule has 0 saturated carbocycles. The summed E-state index contributed by atoms with van der Waals surface area (Å²) in [6.45, 7) is 3.84. The van der Waals surface area contributed by atoms with E-state index in [0.717, 1.165) is 23.4 Å². The molecule has 0 aromatic carbocycles. The number of H-pyrrole nitrogens is 1. The summed E-state index contributed by atoms with van der Waals surface area (Å²) in [5.74, 6) is 0.481. The highest BCUT2D eigenvalue weighted by molar-refractivity contribution is 7.99. The highest BCUT2D eigenvalue weighted by atomic mass is 32.2. The van der Waals surface area contributed by atoms with E-state index in [1.54, 1.807) is 6.92 Å². The normalized spacial score (nSPS) is 10.6. The molecule has 0 aliphatic heterocycles. The first kappa shape index (κ1) is 13.5. The minimum absolute atomic E-state index is 0.172. The molecule has 100 valence electrons. The van der Waals surface area contributed by atoms with E-state index in [-0.39, 0.29) is 5.56 Å². The van der Waals surface area contributed by atoms with Gasteiger partial charge in [0.05, 0.1) is 0 Å². The molecule has 7 heteroatoms. The molecule has 6 nitrogen and oxygen atoms in total. The molecular formula is C12H15N5OS. The Morgan fingerprint density at radius 1 is 1.42 bits per heavy atom. The first-order valence-electron chi connectivity index (χ1n) is 5.95. The predicted octanol–water partition coefficient (Wildman–Crippen LogP) is 1.55. The number of nitrogens with zero attached hydrogens (tertiary/aromatic N) is 3. The van der Waals surface area contributed by atoms with Gasteiger partial charge in [-0.15, -0.1) is 0 Å². The van der Waals surface area contributed by atoms with Gasteiger partial charge in [-0.25, -0.2) is 15.0 Å². The molecule has 3 N–H and O–H groups in total. The monoisotopic (exact) mass is 277 g/mol. The van der Waals surface area contributed by atoms with Gasteiger partial charge >= 0.3 is 0 Å². The topological polar surface area (TPSA) is 97.5 Å². The summed E-state index contributed by atoms with van der Waals surface area (Å²) in [5, 5.41) is 1.25. The van der Waals surface area contributed by atoms with Gasteiger partial charge in [0.2, 0.25) is 0 Å². The molecule has 0 atom stereocenters. The SMILES string of the molecule is CCCc1c(N)ncnc1Sc1nc(C)cc(=O)[nH]1. The number of nitrogen functional groups attached to an aromatic ring is 1. The molecule has 2 aromatic rings.